The van der Waals surface area contributed by atoms with Gasteiger partial charge >= 0.3 is 0 Å². The highest BCUT2D eigenvalue weighted by Gasteiger charge is 2.30. The number of phenols is 3. The molecule has 0 radical (unpaired) electrons. The monoisotopic (exact) mass is 580 g/mol. The molecule has 0 heterocycles. The van der Waals surface area contributed by atoms with Gasteiger partial charge in [-0.3, -0.25) is 0 Å². The highest BCUT2D eigenvalue weighted by atomic mass is 16.3. The molecule has 0 bridgehead atoms. The van der Waals surface area contributed by atoms with Crippen molar-refractivity contribution in [1.29, 1.82) is 0 Å². The Kier molecular flexibility index (Phi) is 9.08. The first-order chi connectivity index (χ1) is 20.8. The minimum Gasteiger partial charge on any atom is -0.508 e. The van der Waals surface area contributed by atoms with E-state index in [-0.39, 0.29) is 5.92 Å². The van der Waals surface area contributed by atoms with Crippen molar-refractivity contribution >= 4 is 0 Å². The summed E-state index contributed by atoms with van der Waals surface area (Å²) < 4.78 is 0. The fourth-order valence-corrected chi connectivity index (χ4v) is 8.84. The van der Waals surface area contributed by atoms with Crippen molar-refractivity contribution < 1.29 is 15.3 Å². The molecule has 3 aromatic carbocycles. The van der Waals surface area contributed by atoms with Crippen LogP contribution in [0, 0.1) is 20.8 Å². The number of benzene rings is 3. The van der Waals surface area contributed by atoms with Gasteiger partial charge in [0.2, 0.25) is 0 Å². The fraction of sp³-hybridized carbons (Fsp3) is 0.550. The molecular weight excluding hydrogens is 528 g/mol. The van der Waals surface area contributed by atoms with Crippen LogP contribution in [0.4, 0.5) is 0 Å². The van der Waals surface area contributed by atoms with Gasteiger partial charge in [-0.25, -0.2) is 0 Å². The number of aryl methyl sites for hydroxylation is 3. The highest BCUT2D eigenvalue weighted by Crippen LogP contribution is 2.48. The molecule has 0 saturated heterocycles. The summed E-state index contributed by atoms with van der Waals surface area (Å²) in [5.74, 6) is 2.44. The van der Waals surface area contributed by atoms with Gasteiger partial charge in [0.1, 0.15) is 17.2 Å². The van der Waals surface area contributed by atoms with Crippen molar-refractivity contribution in [3.8, 4) is 17.2 Å². The van der Waals surface area contributed by atoms with E-state index in [9.17, 15) is 15.3 Å². The molecule has 0 aliphatic heterocycles. The van der Waals surface area contributed by atoms with Crippen LogP contribution in [0.5, 0.6) is 17.2 Å². The summed E-state index contributed by atoms with van der Waals surface area (Å²) in [7, 11) is 0. The van der Waals surface area contributed by atoms with Gasteiger partial charge in [-0.2, -0.15) is 0 Å². The number of aromatic hydroxyl groups is 3. The molecule has 0 unspecified atom stereocenters. The number of hydrogen-bond donors (Lipinski definition) is 3. The summed E-state index contributed by atoms with van der Waals surface area (Å²) >= 11 is 0. The van der Waals surface area contributed by atoms with E-state index in [0.717, 1.165) is 71.9 Å². The first-order valence-electron chi connectivity index (χ1n) is 17.3. The van der Waals surface area contributed by atoms with E-state index in [1.54, 1.807) is 0 Å². The van der Waals surface area contributed by atoms with E-state index in [2.05, 4.69) is 39.0 Å². The van der Waals surface area contributed by atoms with Crippen LogP contribution in [0.25, 0.3) is 0 Å². The quantitative estimate of drug-likeness (QED) is 0.254. The summed E-state index contributed by atoms with van der Waals surface area (Å²) in [4.78, 5) is 0. The van der Waals surface area contributed by atoms with Crippen molar-refractivity contribution in [2.75, 3.05) is 0 Å². The van der Waals surface area contributed by atoms with Crippen molar-refractivity contribution in [3.63, 3.8) is 0 Å². The van der Waals surface area contributed by atoms with Gasteiger partial charge in [0.25, 0.3) is 0 Å². The van der Waals surface area contributed by atoms with Crippen LogP contribution in [-0.2, 0) is 0 Å². The predicted octanol–water partition coefficient (Wildman–Crippen LogP) is 11.1. The van der Waals surface area contributed by atoms with E-state index < -0.39 is 0 Å². The molecule has 3 heteroatoms. The first kappa shape index (κ1) is 30.1. The van der Waals surface area contributed by atoms with E-state index in [4.69, 9.17) is 0 Å². The zero-order valence-corrected chi connectivity index (χ0v) is 26.7. The lowest BCUT2D eigenvalue weighted by Crippen LogP contribution is -2.14. The Bertz CT molecular complexity index is 1260. The molecule has 3 aromatic rings. The zero-order valence-electron chi connectivity index (χ0n) is 26.7. The van der Waals surface area contributed by atoms with Gasteiger partial charge in [0, 0.05) is 5.92 Å². The highest BCUT2D eigenvalue weighted by molar-refractivity contribution is 5.58. The normalized spacial score (nSPS) is 19.3. The molecule has 230 valence electrons. The van der Waals surface area contributed by atoms with Crippen molar-refractivity contribution in [2.45, 2.75) is 141 Å². The van der Waals surface area contributed by atoms with E-state index >= 15 is 0 Å². The summed E-state index contributed by atoms with van der Waals surface area (Å²) in [5, 5.41) is 33.7. The molecule has 0 aromatic heterocycles. The van der Waals surface area contributed by atoms with Crippen LogP contribution in [0.3, 0.4) is 0 Å². The lowest BCUT2D eigenvalue weighted by Gasteiger charge is -2.31. The third-order valence-corrected chi connectivity index (χ3v) is 11.3. The largest absolute Gasteiger partial charge is 0.508 e. The topological polar surface area (TPSA) is 60.7 Å². The Morgan fingerprint density at radius 1 is 0.419 bits per heavy atom. The number of hydrogen-bond acceptors (Lipinski definition) is 3. The second kappa shape index (κ2) is 13.0. The predicted molar refractivity (Wildman–Crippen MR) is 177 cm³/mol. The second-order valence-electron chi connectivity index (χ2n) is 14.2. The summed E-state index contributed by atoms with van der Waals surface area (Å²) in [6.07, 6.45) is 18.0. The third-order valence-electron chi connectivity index (χ3n) is 11.3. The minimum atomic E-state index is -0.0474. The van der Waals surface area contributed by atoms with Crippen LogP contribution >= 0.6 is 0 Å². The van der Waals surface area contributed by atoms with Gasteiger partial charge in [0.05, 0.1) is 0 Å². The first-order valence-corrected chi connectivity index (χ1v) is 17.3. The van der Waals surface area contributed by atoms with Crippen molar-refractivity contribution in [1.82, 2.24) is 0 Å². The number of rotatable bonds is 6. The van der Waals surface area contributed by atoms with Crippen LogP contribution in [0.15, 0.2) is 36.4 Å². The van der Waals surface area contributed by atoms with Crippen molar-refractivity contribution in [2.24, 2.45) is 0 Å². The zero-order chi connectivity index (χ0) is 30.1. The maximum atomic E-state index is 11.2. The van der Waals surface area contributed by atoms with Gasteiger partial charge in [-0.1, -0.05) is 76.0 Å². The molecular formula is C40H52O3. The fourth-order valence-electron chi connectivity index (χ4n) is 8.84. The molecule has 3 saturated carbocycles. The Balaban J connectivity index is 1.56. The van der Waals surface area contributed by atoms with Gasteiger partial charge in [-0.05, 0) is 145 Å². The molecule has 43 heavy (non-hydrogen) atoms. The Labute approximate surface area is 259 Å². The second-order valence-corrected chi connectivity index (χ2v) is 14.2. The van der Waals surface area contributed by atoms with Crippen molar-refractivity contribution in [3.05, 3.63) is 86.5 Å². The molecule has 0 spiro atoms. The SMILES string of the molecule is Cc1cc(O)c(C2CCCCC2)cc1C(c1cc(C2CCCCC2)c(O)cc1C)c1cc(C2CCCCC2)c(O)cc1C. The van der Waals surface area contributed by atoms with Crippen LogP contribution < -0.4 is 0 Å². The lowest BCUT2D eigenvalue weighted by atomic mass is 9.74. The molecule has 0 atom stereocenters. The summed E-state index contributed by atoms with van der Waals surface area (Å²) in [6.45, 7) is 6.42. The molecule has 3 aliphatic carbocycles. The molecule has 3 fully saturated rings. The van der Waals surface area contributed by atoms with Crippen LogP contribution in [0.2, 0.25) is 0 Å². The smallest absolute Gasteiger partial charge is 0.119 e. The Morgan fingerprint density at radius 3 is 0.930 bits per heavy atom. The van der Waals surface area contributed by atoms with E-state index in [1.807, 2.05) is 18.2 Å². The summed E-state index contributed by atoms with van der Waals surface area (Å²) in [6, 6.07) is 13.0. The molecule has 3 nitrogen and oxygen atoms in total. The van der Waals surface area contributed by atoms with Gasteiger partial charge in [-0.15, -0.1) is 0 Å². The molecule has 3 N–H and O–H groups in total. The van der Waals surface area contributed by atoms with Gasteiger partial charge in [0.15, 0.2) is 0 Å². The summed E-state index contributed by atoms with van der Waals surface area (Å²) in [5.41, 5.74) is 10.3. The average molecular weight is 581 g/mol. The Morgan fingerprint density at radius 2 is 0.674 bits per heavy atom. The average Bonchev–Trinajstić information content (AvgIpc) is 3.01. The molecule has 0 amide bonds. The van der Waals surface area contributed by atoms with Gasteiger partial charge < -0.3 is 15.3 Å². The Hall–Kier alpha value is -2.94. The number of phenolic OH excluding ortho intramolecular Hbond substituents is 3. The van der Waals surface area contributed by atoms with Crippen LogP contribution in [0.1, 0.15) is 170 Å². The molecule has 6 rings (SSSR count). The minimum absolute atomic E-state index is 0.0474. The lowest BCUT2D eigenvalue weighted by molar-refractivity contribution is 0.413. The standard InChI is InChI=1S/C40H52O3/c1-25-19-37(41)34(28-13-7-4-8-14-28)22-31(25)40(32-23-35(38(42)20-26(32)2)29-15-9-5-10-16-29)33-24-36(39(43)21-27(33)3)30-17-11-6-12-18-30/h19-24,28-30,40-43H,4-18H2,1-3H3. The maximum absolute atomic E-state index is 11.2. The molecule has 3 aliphatic rings. The maximum Gasteiger partial charge on any atom is 0.119 e. The van der Waals surface area contributed by atoms with E-state index in [1.165, 1.54) is 74.5 Å². The van der Waals surface area contributed by atoms with Crippen LogP contribution in [-0.4, -0.2) is 15.3 Å². The van der Waals surface area contributed by atoms with E-state index in [0.29, 0.717) is 35.0 Å². The third kappa shape index (κ3) is 6.19.